The molecule has 1 fully saturated rings. The molecule has 0 N–H and O–H groups in total. The van der Waals surface area contributed by atoms with E-state index in [9.17, 15) is 13.2 Å². The molecule has 22 heavy (non-hydrogen) atoms. The Labute approximate surface area is 129 Å². The molecule has 0 saturated carbocycles. The van der Waals surface area contributed by atoms with Crippen molar-refractivity contribution in [2.45, 2.75) is 25.7 Å². The third-order valence-corrected chi connectivity index (χ3v) is 4.38. The standard InChI is InChI=1S/C14H14F3N3OS/c1-9-12(22-8-19-9)7-20-5-11(6-20)21-10-2-3-18-13(4-10)14(15,16)17/h2-4,8,11H,5-7H2,1H3. The first-order valence-corrected chi connectivity index (χ1v) is 7.61. The molecule has 2 aromatic heterocycles. The summed E-state index contributed by atoms with van der Waals surface area (Å²) in [5.74, 6) is 0.209. The lowest BCUT2D eigenvalue weighted by Crippen LogP contribution is -2.53. The van der Waals surface area contributed by atoms with E-state index in [1.807, 2.05) is 12.4 Å². The van der Waals surface area contributed by atoms with Gasteiger partial charge in [0.25, 0.3) is 0 Å². The second kappa shape index (κ2) is 5.85. The van der Waals surface area contributed by atoms with Crippen LogP contribution in [0.3, 0.4) is 0 Å². The van der Waals surface area contributed by atoms with Gasteiger partial charge in [-0.05, 0) is 13.0 Å². The van der Waals surface area contributed by atoms with Crippen LogP contribution >= 0.6 is 11.3 Å². The maximum Gasteiger partial charge on any atom is 0.433 e. The molecule has 118 valence electrons. The Morgan fingerprint density at radius 2 is 2.14 bits per heavy atom. The summed E-state index contributed by atoms with van der Waals surface area (Å²) in [7, 11) is 0. The third kappa shape index (κ3) is 3.38. The molecule has 0 amide bonds. The third-order valence-electron chi connectivity index (χ3n) is 3.46. The SMILES string of the molecule is Cc1ncsc1CN1CC(Oc2ccnc(C(F)(F)F)c2)C1. The number of thiazole rings is 1. The maximum atomic E-state index is 12.6. The van der Waals surface area contributed by atoms with Gasteiger partial charge in [0.2, 0.25) is 0 Å². The highest BCUT2D eigenvalue weighted by Crippen LogP contribution is 2.30. The molecule has 0 radical (unpaired) electrons. The van der Waals surface area contributed by atoms with Gasteiger partial charge in [0.15, 0.2) is 0 Å². The number of ether oxygens (including phenoxy) is 1. The van der Waals surface area contributed by atoms with Crippen molar-refractivity contribution < 1.29 is 17.9 Å². The number of halogens is 3. The largest absolute Gasteiger partial charge is 0.488 e. The fourth-order valence-electron chi connectivity index (χ4n) is 2.24. The highest BCUT2D eigenvalue weighted by Gasteiger charge is 2.34. The molecule has 0 aromatic carbocycles. The van der Waals surface area contributed by atoms with Crippen molar-refractivity contribution in [3.8, 4) is 5.75 Å². The fourth-order valence-corrected chi connectivity index (χ4v) is 3.06. The molecular weight excluding hydrogens is 315 g/mol. The first kappa shape index (κ1) is 15.2. The van der Waals surface area contributed by atoms with Crippen LogP contribution in [-0.4, -0.2) is 34.1 Å². The Hall–Kier alpha value is -1.67. The van der Waals surface area contributed by atoms with Gasteiger partial charge < -0.3 is 4.74 Å². The number of hydrogen-bond acceptors (Lipinski definition) is 5. The molecule has 2 aromatic rings. The zero-order chi connectivity index (χ0) is 15.7. The number of pyridine rings is 1. The van der Waals surface area contributed by atoms with Gasteiger partial charge >= 0.3 is 6.18 Å². The van der Waals surface area contributed by atoms with Gasteiger partial charge in [-0.3, -0.25) is 9.88 Å². The van der Waals surface area contributed by atoms with Crippen molar-refractivity contribution >= 4 is 11.3 Å². The highest BCUT2D eigenvalue weighted by molar-refractivity contribution is 7.09. The molecule has 0 spiro atoms. The van der Waals surface area contributed by atoms with E-state index in [0.717, 1.165) is 24.5 Å². The Morgan fingerprint density at radius 1 is 1.36 bits per heavy atom. The summed E-state index contributed by atoms with van der Waals surface area (Å²) in [4.78, 5) is 10.9. The normalized spacial score (nSPS) is 16.5. The summed E-state index contributed by atoms with van der Waals surface area (Å²) in [6.07, 6.45) is -3.42. The quantitative estimate of drug-likeness (QED) is 0.864. The Balaban J connectivity index is 1.53. The summed E-state index contributed by atoms with van der Waals surface area (Å²) >= 11 is 1.61. The summed E-state index contributed by atoms with van der Waals surface area (Å²) < 4.78 is 43.3. The Bertz CT molecular complexity index is 653. The van der Waals surface area contributed by atoms with Crippen molar-refractivity contribution in [2.75, 3.05) is 13.1 Å². The van der Waals surface area contributed by atoms with Gasteiger partial charge in [0.1, 0.15) is 17.5 Å². The van der Waals surface area contributed by atoms with Crippen LogP contribution in [0.15, 0.2) is 23.8 Å². The van der Waals surface area contributed by atoms with Crippen molar-refractivity contribution in [1.82, 2.24) is 14.9 Å². The molecule has 0 bridgehead atoms. The van der Waals surface area contributed by atoms with E-state index in [1.54, 1.807) is 11.3 Å². The van der Waals surface area contributed by atoms with Crippen LogP contribution in [0.2, 0.25) is 0 Å². The lowest BCUT2D eigenvalue weighted by molar-refractivity contribution is -0.141. The molecule has 1 saturated heterocycles. The average molecular weight is 329 g/mol. The van der Waals surface area contributed by atoms with Gasteiger partial charge in [-0.15, -0.1) is 11.3 Å². The molecule has 0 aliphatic carbocycles. The van der Waals surface area contributed by atoms with Crippen LogP contribution in [0.25, 0.3) is 0 Å². The van der Waals surface area contributed by atoms with Crippen molar-refractivity contribution in [2.24, 2.45) is 0 Å². The van der Waals surface area contributed by atoms with Crippen LogP contribution in [0.1, 0.15) is 16.3 Å². The summed E-state index contributed by atoms with van der Waals surface area (Å²) in [6.45, 7) is 4.16. The molecule has 3 rings (SSSR count). The van der Waals surface area contributed by atoms with E-state index in [4.69, 9.17) is 4.74 Å². The topological polar surface area (TPSA) is 38.2 Å². The number of aromatic nitrogens is 2. The minimum atomic E-state index is -4.45. The number of hydrogen-bond donors (Lipinski definition) is 0. The van der Waals surface area contributed by atoms with Crippen molar-refractivity contribution in [3.63, 3.8) is 0 Å². The number of likely N-dealkylation sites (tertiary alicyclic amines) is 1. The van der Waals surface area contributed by atoms with E-state index in [1.165, 1.54) is 10.9 Å². The van der Waals surface area contributed by atoms with Crippen LogP contribution in [0.4, 0.5) is 13.2 Å². The predicted molar refractivity (Wildman–Crippen MR) is 75.8 cm³/mol. The first-order chi connectivity index (χ1) is 10.4. The summed E-state index contributed by atoms with van der Waals surface area (Å²) in [6, 6.07) is 2.39. The van der Waals surface area contributed by atoms with E-state index in [-0.39, 0.29) is 11.9 Å². The van der Waals surface area contributed by atoms with Crippen LogP contribution in [-0.2, 0) is 12.7 Å². The average Bonchev–Trinajstić information content (AvgIpc) is 2.81. The zero-order valence-corrected chi connectivity index (χ0v) is 12.6. The van der Waals surface area contributed by atoms with E-state index >= 15 is 0 Å². The fraction of sp³-hybridized carbons (Fsp3) is 0.429. The molecule has 1 aliphatic rings. The summed E-state index contributed by atoms with van der Waals surface area (Å²) in [5, 5.41) is 0. The molecule has 0 atom stereocenters. The van der Waals surface area contributed by atoms with Gasteiger partial charge in [-0.2, -0.15) is 13.2 Å². The van der Waals surface area contributed by atoms with E-state index in [2.05, 4.69) is 14.9 Å². The second-order valence-electron chi connectivity index (χ2n) is 5.17. The lowest BCUT2D eigenvalue weighted by atomic mass is 10.1. The Morgan fingerprint density at radius 3 is 2.77 bits per heavy atom. The summed E-state index contributed by atoms with van der Waals surface area (Å²) in [5.41, 5.74) is 1.91. The van der Waals surface area contributed by atoms with E-state index in [0.29, 0.717) is 13.1 Å². The van der Waals surface area contributed by atoms with Gasteiger partial charge in [0.05, 0.1) is 11.2 Å². The highest BCUT2D eigenvalue weighted by atomic mass is 32.1. The molecule has 8 heteroatoms. The Kier molecular flexibility index (Phi) is 4.05. The zero-order valence-electron chi connectivity index (χ0n) is 11.8. The van der Waals surface area contributed by atoms with Crippen LogP contribution in [0, 0.1) is 6.92 Å². The predicted octanol–water partition coefficient (Wildman–Crippen LogP) is 3.13. The van der Waals surface area contributed by atoms with Crippen LogP contribution in [0.5, 0.6) is 5.75 Å². The van der Waals surface area contributed by atoms with E-state index < -0.39 is 11.9 Å². The van der Waals surface area contributed by atoms with Crippen LogP contribution < -0.4 is 4.74 Å². The van der Waals surface area contributed by atoms with Gasteiger partial charge in [-0.25, -0.2) is 4.98 Å². The first-order valence-electron chi connectivity index (χ1n) is 6.73. The molecular formula is C14H14F3N3OS. The lowest BCUT2D eigenvalue weighted by Gasteiger charge is -2.38. The number of alkyl halides is 3. The molecule has 0 unspecified atom stereocenters. The second-order valence-corrected chi connectivity index (χ2v) is 6.11. The molecule has 1 aliphatic heterocycles. The number of nitrogens with zero attached hydrogens (tertiary/aromatic N) is 3. The molecule has 4 nitrogen and oxygen atoms in total. The smallest absolute Gasteiger partial charge is 0.433 e. The maximum absolute atomic E-state index is 12.6. The van der Waals surface area contributed by atoms with Crippen molar-refractivity contribution in [3.05, 3.63) is 40.1 Å². The monoisotopic (exact) mass is 329 g/mol. The number of rotatable bonds is 4. The van der Waals surface area contributed by atoms with Gasteiger partial charge in [0, 0.05) is 36.8 Å². The minimum absolute atomic E-state index is 0.0864. The van der Waals surface area contributed by atoms with Crippen molar-refractivity contribution in [1.29, 1.82) is 0 Å². The van der Waals surface area contributed by atoms with Gasteiger partial charge in [-0.1, -0.05) is 0 Å². The minimum Gasteiger partial charge on any atom is -0.488 e. The number of aryl methyl sites for hydroxylation is 1. The molecule has 3 heterocycles.